The fourth-order valence-corrected chi connectivity index (χ4v) is 2.62. The summed E-state index contributed by atoms with van der Waals surface area (Å²) in [5.41, 5.74) is 2.31. The Morgan fingerprint density at radius 3 is 1.74 bits per heavy atom. The van der Waals surface area contributed by atoms with E-state index in [0.717, 1.165) is 11.4 Å². The molecule has 1 N–H and O–H groups in total. The molecule has 0 radical (unpaired) electrons. The third-order valence-electron chi connectivity index (χ3n) is 4.59. The normalized spacial score (nSPS) is 15.3. The molecule has 0 bridgehead atoms. The first-order chi connectivity index (χ1) is 12.9. The van der Waals surface area contributed by atoms with E-state index in [1.54, 1.807) is 36.4 Å². The lowest BCUT2D eigenvalue weighted by Crippen LogP contribution is -2.18. The molecular formula is C19H22N4O4. The van der Waals surface area contributed by atoms with Crippen molar-refractivity contribution >= 4 is 22.7 Å². The highest BCUT2D eigenvalue weighted by atomic mass is 16.6. The van der Waals surface area contributed by atoms with E-state index < -0.39 is 0 Å². The van der Waals surface area contributed by atoms with Crippen LogP contribution in [0.15, 0.2) is 48.5 Å². The van der Waals surface area contributed by atoms with Crippen LogP contribution in [0.3, 0.4) is 0 Å². The Morgan fingerprint density at radius 1 is 0.852 bits per heavy atom. The lowest BCUT2D eigenvalue weighted by molar-refractivity contribution is -0.385. The molecule has 27 heavy (non-hydrogen) atoms. The Bertz CT molecular complexity index is 799. The van der Waals surface area contributed by atoms with Gasteiger partial charge in [-0.25, -0.2) is 0 Å². The van der Waals surface area contributed by atoms with Crippen LogP contribution in [-0.4, -0.2) is 29.0 Å². The molecule has 2 saturated carbocycles. The lowest BCUT2D eigenvalue weighted by atomic mass is 10.2. The van der Waals surface area contributed by atoms with E-state index >= 15 is 0 Å². The maximum atomic E-state index is 10.4. The summed E-state index contributed by atoms with van der Waals surface area (Å²) in [6.07, 6.45) is 4.87. The van der Waals surface area contributed by atoms with Crippen LogP contribution in [-0.2, 0) is 0 Å². The van der Waals surface area contributed by atoms with Crippen molar-refractivity contribution in [3.05, 3.63) is 68.8 Å². The van der Waals surface area contributed by atoms with Gasteiger partial charge in [-0.15, -0.1) is 0 Å². The molecule has 2 aliphatic rings. The largest absolute Gasteiger partial charge is 0.382 e. The van der Waals surface area contributed by atoms with Gasteiger partial charge in [-0.3, -0.25) is 20.2 Å². The molecule has 142 valence electrons. The second-order valence-electron chi connectivity index (χ2n) is 6.84. The molecule has 2 aromatic rings. The molecule has 8 heteroatoms. The summed E-state index contributed by atoms with van der Waals surface area (Å²) in [5, 5.41) is 24.0. The summed E-state index contributed by atoms with van der Waals surface area (Å²) in [7, 11) is 2.03. The van der Waals surface area contributed by atoms with Gasteiger partial charge >= 0.3 is 0 Å². The zero-order valence-corrected chi connectivity index (χ0v) is 15.1. The van der Waals surface area contributed by atoms with Crippen molar-refractivity contribution in [3.63, 3.8) is 0 Å². The molecule has 0 heterocycles. The maximum Gasteiger partial charge on any atom is 0.269 e. The average Bonchev–Trinajstić information content (AvgIpc) is 3.56. The predicted molar refractivity (Wildman–Crippen MR) is 104 cm³/mol. The van der Waals surface area contributed by atoms with Crippen LogP contribution in [0.1, 0.15) is 25.7 Å². The van der Waals surface area contributed by atoms with Crippen molar-refractivity contribution in [2.45, 2.75) is 37.8 Å². The Labute approximate surface area is 157 Å². The van der Waals surface area contributed by atoms with Gasteiger partial charge in [-0.2, -0.15) is 0 Å². The molecule has 8 nitrogen and oxygen atoms in total. The van der Waals surface area contributed by atoms with Crippen molar-refractivity contribution in [1.29, 1.82) is 0 Å². The van der Waals surface area contributed by atoms with Gasteiger partial charge in [0.1, 0.15) is 0 Å². The van der Waals surface area contributed by atoms with Gasteiger partial charge < -0.3 is 10.2 Å². The number of nitrogens with zero attached hydrogens (tertiary/aromatic N) is 3. The fourth-order valence-electron chi connectivity index (χ4n) is 2.62. The molecule has 2 fully saturated rings. The smallest absolute Gasteiger partial charge is 0.269 e. The fraction of sp³-hybridized carbons (Fsp3) is 0.368. The standard InChI is InChI=1S/C10H12N2O2.C9H10N2O2/c1-11(8-2-3-8)9-4-6-10(7-5-9)12(13)14;12-11(13)9-5-3-8(4-6-9)10-7-1-2-7/h4-8H,2-3H2,1H3;3-7,10H,1-2H2. The van der Waals surface area contributed by atoms with E-state index in [9.17, 15) is 20.2 Å². The number of hydrogen-bond acceptors (Lipinski definition) is 6. The first-order valence-corrected chi connectivity index (χ1v) is 8.92. The number of benzene rings is 2. The monoisotopic (exact) mass is 370 g/mol. The van der Waals surface area contributed by atoms with Crippen molar-refractivity contribution in [1.82, 2.24) is 0 Å². The van der Waals surface area contributed by atoms with Crippen LogP contribution in [0.5, 0.6) is 0 Å². The van der Waals surface area contributed by atoms with Crippen molar-refractivity contribution < 1.29 is 9.85 Å². The van der Waals surface area contributed by atoms with Crippen LogP contribution < -0.4 is 10.2 Å². The van der Waals surface area contributed by atoms with E-state index in [2.05, 4.69) is 10.2 Å². The van der Waals surface area contributed by atoms with E-state index in [4.69, 9.17) is 0 Å². The highest BCUT2D eigenvalue weighted by Crippen LogP contribution is 2.30. The number of nitro groups is 2. The Hall–Kier alpha value is -3.16. The van der Waals surface area contributed by atoms with Gasteiger partial charge in [0.05, 0.1) is 9.85 Å². The number of nitrogens with one attached hydrogen (secondary N) is 1. The Morgan fingerprint density at radius 2 is 1.33 bits per heavy atom. The topological polar surface area (TPSA) is 102 Å². The van der Waals surface area contributed by atoms with Crippen molar-refractivity contribution in [2.24, 2.45) is 0 Å². The molecule has 0 unspecified atom stereocenters. The number of anilines is 2. The minimum Gasteiger partial charge on any atom is -0.382 e. The minimum absolute atomic E-state index is 0.140. The SMILES string of the molecule is CN(c1ccc([N+](=O)[O-])cc1)C1CC1.O=[N+]([O-])c1ccc(NC2CC2)cc1. The van der Waals surface area contributed by atoms with E-state index in [-0.39, 0.29) is 21.2 Å². The molecular weight excluding hydrogens is 348 g/mol. The maximum absolute atomic E-state index is 10.4. The van der Waals surface area contributed by atoms with Crippen LogP contribution in [0.2, 0.25) is 0 Å². The summed E-state index contributed by atoms with van der Waals surface area (Å²) in [6.45, 7) is 0. The van der Waals surface area contributed by atoms with Gasteiger partial charge in [-0.05, 0) is 49.9 Å². The van der Waals surface area contributed by atoms with E-state index in [0.29, 0.717) is 12.1 Å². The number of rotatable bonds is 6. The summed E-state index contributed by atoms with van der Waals surface area (Å²) in [5.74, 6) is 0. The van der Waals surface area contributed by atoms with Crippen LogP contribution in [0.25, 0.3) is 0 Å². The van der Waals surface area contributed by atoms with Crippen LogP contribution >= 0.6 is 0 Å². The molecule has 0 aromatic heterocycles. The number of hydrogen-bond donors (Lipinski definition) is 1. The number of nitro benzene ring substituents is 2. The first-order valence-electron chi connectivity index (χ1n) is 8.92. The third-order valence-corrected chi connectivity index (χ3v) is 4.59. The van der Waals surface area contributed by atoms with Crippen LogP contribution in [0.4, 0.5) is 22.7 Å². The Kier molecular flexibility index (Phi) is 5.54. The molecule has 4 rings (SSSR count). The van der Waals surface area contributed by atoms with E-state index in [1.807, 2.05) is 7.05 Å². The zero-order chi connectivity index (χ0) is 19.4. The molecule has 0 spiro atoms. The first kappa shape index (κ1) is 18.6. The van der Waals surface area contributed by atoms with Gasteiger partial charge in [-0.1, -0.05) is 0 Å². The van der Waals surface area contributed by atoms with Crippen LogP contribution in [0, 0.1) is 20.2 Å². The van der Waals surface area contributed by atoms with Gasteiger partial charge in [0, 0.05) is 54.8 Å². The average molecular weight is 370 g/mol. The van der Waals surface area contributed by atoms with Gasteiger partial charge in [0.15, 0.2) is 0 Å². The van der Waals surface area contributed by atoms with Gasteiger partial charge in [0.2, 0.25) is 0 Å². The summed E-state index contributed by atoms with van der Waals surface area (Å²) >= 11 is 0. The van der Waals surface area contributed by atoms with Gasteiger partial charge in [0.25, 0.3) is 11.4 Å². The zero-order valence-electron chi connectivity index (χ0n) is 15.1. The summed E-state index contributed by atoms with van der Waals surface area (Å²) in [6, 6.07) is 14.5. The third kappa shape index (κ3) is 5.40. The summed E-state index contributed by atoms with van der Waals surface area (Å²) < 4.78 is 0. The highest BCUT2D eigenvalue weighted by Gasteiger charge is 2.26. The molecule has 0 amide bonds. The predicted octanol–water partition coefficient (Wildman–Crippen LogP) is 4.36. The number of non-ortho nitro benzene ring substituents is 2. The molecule has 2 aliphatic carbocycles. The highest BCUT2D eigenvalue weighted by molar-refractivity contribution is 5.52. The molecule has 0 saturated heterocycles. The van der Waals surface area contributed by atoms with E-state index in [1.165, 1.54) is 37.8 Å². The second kappa shape index (κ2) is 8.03. The minimum atomic E-state index is -0.388. The molecule has 0 aliphatic heterocycles. The molecule has 0 atom stereocenters. The van der Waals surface area contributed by atoms with Crippen molar-refractivity contribution in [3.8, 4) is 0 Å². The quantitative estimate of drug-likeness (QED) is 0.599. The summed E-state index contributed by atoms with van der Waals surface area (Å²) in [4.78, 5) is 22.2. The second-order valence-corrected chi connectivity index (χ2v) is 6.84. The van der Waals surface area contributed by atoms with Crippen molar-refractivity contribution in [2.75, 3.05) is 17.3 Å². The molecule has 2 aromatic carbocycles. The Balaban J connectivity index is 0.000000156. The lowest BCUT2D eigenvalue weighted by Gasteiger charge is -2.17.